The summed E-state index contributed by atoms with van der Waals surface area (Å²) in [6.07, 6.45) is 1.50. The van der Waals surface area contributed by atoms with Gasteiger partial charge in [-0.25, -0.2) is 0 Å². The minimum Gasteiger partial charge on any atom is -0.478 e. The van der Waals surface area contributed by atoms with Gasteiger partial charge in [-0.1, -0.05) is 23.8 Å². The molecular formula is C20H16BrN3O2. The van der Waals surface area contributed by atoms with Crippen LogP contribution < -0.4 is 10.1 Å². The summed E-state index contributed by atoms with van der Waals surface area (Å²) >= 11 is 3.35. The lowest BCUT2D eigenvalue weighted by Gasteiger charge is -2.09. The van der Waals surface area contributed by atoms with E-state index in [4.69, 9.17) is 10.00 Å². The Kier molecular flexibility index (Phi) is 6.54. The van der Waals surface area contributed by atoms with Gasteiger partial charge in [0.1, 0.15) is 23.5 Å². The molecule has 0 fully saturated rings. The standard InChI is InChI=1S/C20H16BrN3O2/c1-13-3-5-18(14(2)9-13)24-20(25)16(12-23)10-15-4-6-19(17(21)11-15)26-8-7-22/h3-6,9-11H,8H2,1-2H3,(H,24,25)/b16-10+. The summed E-state index contributed by atoms with van der Waals surface area (Å²) in [5.41, 5.74) is 3.34. The van der Waals surface area contributed by atoms with Gasteiger partial charge in [-0.2, -0.15) is 10.5 Å². The SMILES string of the molecule is Cc1ccc(NC(=O)/C(C#N)=C/c2ccc(OCC#N)c(Br)c2)c(C)c1. The molecule has 0 radical (unpaired) electrons. The molecule has 0 unspecified atom stereocenters. The Labute approximate surface area is 160 Å². The molecule has 2 aromatic carbocycles. The van der Waals surface area contributed by atoms with Crippen molar-refractivity contribution in [2.75, 3.05) is 11.9 Å². The van der Waals surface area contributed by atoms with Crippen molar-refractivity contribution < 1.29 is 9.53 Å². The molecule has 0 atom stereocenters. The molecule has 0 saturated heterocycles. The fourth-order valence-electron chi connectivity index (χ4n) is 2.29. The van der Waals surface area contributed by atoms with E-state index in [0.717, 1.165) is 11.1 Å². The molecule has 0 aliphatic rings. The number of benzene rings is 2. The van der Waals surface area contributed by atoms with Gasteiger partial charge < -0.3 is 10.1 Å². The first-order chi connectivity index (χ1) is 12.4. The number of amides is 1. The van der Waals surface area contributed by atoms with E-state index in [2.05, 4.69) is 21.2 Å². The van der Waals surface area contributed by atoms with E-state index >= 15 is 0 Å². The molecule has 5 nitrogen and oxygen atoms in total. The van der Waals surface area contributed by atoms with Crippen LogP contribution in [-0.4, -0.2) is 12.5 Å². The van der Waals surface area contributed by atoms with Crippen molar-refractivity contribution in [2.24, 2.45) is 0 Å². The highest BCUT2D eigenvalue weighted by molar-refractivity contribution is 9.10. The number of hydrogen-bond donors (Lipinski definition) is 1. The van der Waals surface area contributed by atoms with E-state index in [9.17, 15) is 10.1 Å². The highest BCUT2D eigenvalue weighted by atomic mass is 79.9. The monoisotopic (exact) mass is 409 g/mol. The third-order valence-corrected chi connectivity index (χ3v) is 4.17. The first kappa shape index (κ1) is 19.2. The summed E-state index contributed by atoms with van der Waals surface area (Å²) in [5, 5.41) is 20.7. The van der Waals surface area contributed by atoms with Crippen LogP contribution in [0.3, 0.4) is 0 Å². The van der Waals surface area contributed by atoms with Gasteiger partial charge in [0.2, 0.25) is 0 Å². The summed E-state index contributed by atoms with van der Waals surface area (Å²) in [6, 6.07) is 14.6. The zero-order valence-electron chi connectivity index (χ0n) is 14.3. The summed E-state index contributed by atoms with van der Waals surface area (Å²) in [7, 11) is 0. The van der Waals surface area contributed by atoms with Crippen molar-refractivity contribution in [2.45, 2.75) is 13.8 Å². The van der Waals surface area contributed by atoms with Crippen LogP contribution in [0.15, 0.2) is 46.4 Å². The van der Waals surface area contributed by atoms with E-state index < -0.39 is 5.91 Å². The topological polar surface area (TPSA) is 85.9 Å². The Morgan fingerprint density at radius 1 is 1.23 bits per heavy atom. The summed E-state index contributed by atoms with van der Waals surface area (Å²) in [4.78, 5) is 12.4. The minimum absolute atomic E-state index is 0.0115. The number of nitriles is 2. The minimum atomic E-state index is -0.472. The van der Waals surface area contributed by atoms with Gasteiger partial charge >= 0.3 is 0 Å². The fraction of sp³-hybridized carbons (Fsp3) is 0.150. The van der Waals surface area contributed by atoms with Gasteiger partial charge in [0.05, 0.1) is 4.47 Å². The van der Waals surface area contributed by atoms with Crippen molar-refractivity contribution in [1.29, 1.82) is 10.5 Å². The van der Waals surface area contributed by atoms with Gasteiger partial charge in [0, 0.05) is 5.69 Å². The van der Waals surface area contributed by atoms with Crippen LogP contribution in [0.4, 0.5) is 5.69 Å². The second-order valence-electron chi connectivity index (χ2n) is 5.58. The van der Waals surface area contributed by atoms with Crippen molar-refractivity contribution in [3.05, 3.63) is 63.1 Å². The van der Waals surface area contributed by atoms with Crippen LogP contribution >= 0.6 is 15.9 Å². The molecule has 0 bridgehead atoms. The Hall–Kier alpha value is -3.09. The predicted molar refractivity (Wildman–Crippen MR) is 103 cm³/mol. The Balaban J connectivity index is 2.21. The van der Waals surface area contributed by atoms with E-state index in [0.29, 0.717) is 21.5 Å². The van der Waals surface area contributed by atoms with Crippen molar-refractivity contribution in [1.82, 2.24) is 0 Å². The highest BCUT2D eigenvalue weighted by Crippen LogP contribution is 2.27. The first-order valence-electron chi connectivity index (χ1n) is 7.74. The number of hydrogen-bond acceptors (Lipinski definition) is 4. The number of nitrogens with zero attached hydrogens (tertiary/aromatic N) is 2. The van der Waals surface area contributed by atoms with Gasteiger partial charge in [-0.15, -0.1) is 0 Å². The number of carbonyl (C=O) groups is 1. The number of halogens is 1. The van der Waals surface area contributed by atoms with E-state index in [-0.39, 0.29) is 12.2 Å². The number of nitrogens with one attached hydrogen (secondary N) is 1. The fourth-order valence-corrected chi connectivity index (χ4v) is 2.80. The number of aryl methyl sites for hydroxylation is 2. The lowest BCUT2D eigenvalue weighted by molar-refractivity contribution is -0.112. The van der Waals surface area contributed by atoms with Crippen molar-refractivity contribution in [3.8, 4) is 17.9 Å². The van der Waals surface area contributed by atoms with E-state index in [1.807, 2.05) is 44.2 Å². The lowest BCUT2D eigenvalue weighted by Crippen LogP contribution is -2.14. The molecule has 6 heteroatoms. The van der Waals surface area contributed by atoms with Crippen LogP contribution in [0, 0.1) is 36.5 Å². The Morgan fingerprint density at radius 2 is 2.00 bits per heavy atom. The van der Waals surface area contributed by atoms with Crippen molar-refractivity contribution >= 4 is 33.6 Å². The Bertz CT molecular complexity index is 953. The maximum absolute atomic E-state index is 12.4. The molecule has 0 spiro atoms. The quantitative estimate of drug-likeness (QED) is 0.580. The lowest BCUT2D eigenvalue weighted by atomic mass is 10.1. The maximum Gasteiger partial charge on any atom is 0.266 e. The van der Waals surface area contributed by atoms with Crippen molar-refractivity contribution in [3.63, 3.8) is 0 Å². The third-order valence-electron chi connectivity index (χ3n) is 3.55. The van der Waals surface area contributed by atoms with Gasteiger partial charge in [-0.3, -0.25) is 4.79 Å². The number of anilines is 1. The predicted octanol–water partition coefficient (Wildman–Crippen LogP) is 4.51. The molecule has 130 valence electrons. The molecular weight excluding hydrogens is 394 g/mol. The first-order valence-corrected chi connectivity index (χ1v) is 8.53. The van der Waals surface area contributed by atoms with E-state index in [1.165, 1.54) is 6.08 Å². The molecule has 1 N–H and O–H groups in total. The molecule has 0 aliphatic carbocycles. The number of carbonyl (C=O) groups excluding carboxylic acids is 1. The average Bonchev–Trinajstić information content (AvgIpc) is 2.61. The maximum atomic E-state index is 12.4. The molecule has 2 rings (SSSR count). The molecule has 0 saturated carbocycles. The average molecular weight is 410 g/mol. The molecule has 2 aromatic rings. The second kappa shape index (κ2) is 8.84. The second-order valence-corrected chi connectivity index (χ2v) is 6.43. The molecule has 0 aromatic heterocycles. The number of ether oxygens (including phenoxy) is 1. The molecule has 0 aliphatic heterocycles. The summed E-state index contributed by atoms with van der Waals surface area (Å²) in [6.45, 7) is 3.81. The van der Waals surface area contributed by atoms with Gasteiger partial charge in [-0.05, 0) is 65.2 Å². The van der Waals surface area contributed by atoms with Crippen LogP contribution in [0.1, 0.15) is 16.7 Å². The van der Waals surface area contributed by atoms with Crippen LogP contribution in [-0.2, 0) is 4.79 Å². The molecule has 0 heterocycles. The smallest absolute Gasteiger partial charge is 0.266 e. The molecule has 26 heavy (non-hydrogen) atoms. The van der Waals surface area contributed by atoms with Crippen LogP contribution in [0.2, 0.25) is 0 Å². The number of rotatable bonds is 5. The largest absolute Gasteiger partial charge is 0.478 e. The normalized spacial score (nSPS) is 10.6. The van der Waals surface area contributed by atoms with Gasteiger partial charge in [0.15, 0.2) is 6.61 Å². The van der Waals surface area contributed by atoms with Gasteiger partial charge in [0.25, 0.3) is 5.91 Å². The Morgan fingerprint density at radius 3 is 2.62 bits per heavy atom. The van der Waals surface area contributed by atoms with Crippen LogP contribution in [0.25, 0.3) is 6.08 Å². The summed E-state index contributed by atoms with van der Waals surface area (Å²) in [5.74, 6) is 0.0438. The third kappa shape index (κ3) is 4.95. The van der Waals surface area contributed by atoms with E-state index in [1.54, 1.807) is 18.2 Å². The summed E-state index contributed by atoms with van der Waals surface area (Å²) < 4.78 is 5.88. The zero-order chi connectivity index (χ0) is 19.1. The zero-order valence-corrected chi connectivity index (χ0v) is 15.9. The molecule has 1 amide bonds. The highest BCUT2D eigenvalue weighted by Gasteiger charge is 2.11. The van der Waals surface area contributed by atoms with Crippen LogP contribution in [0.5, 0.6) is 5.75 Å².